The minimum absolute atomic E-state index is 0.328. The van der Waals surface area contributed by atoms with Gasteiger partial charge in [0.25, 0.3) is 5.56 Å². The average molecular weight is 343 g/mol. The quantitative estimate of drug-likeness (QED) is 0.790. The molecule has 3 aromatic rings. The van der Waals surface area contributed by atoms with Crippen molar-refractivity contribution in [2.24, 2.45) is 0 Å². The molecule has 1 atom stereocenters. The number of anilines is 1. The summed E-state index contributed by atoms with van der Waals surface area (Å²) < 4.78 is 14.3. The molecule has 5 nitrogen and oxygen atoms in total. The topological polar surface area (TPSA) is 64.0 Å². The second-order valence-electron chi connectivity index (χ2n) is 5.15. The summed E-state index contributed by atoms with van der Waals surface area (Å²) in [5.74, 6) is -0.894. The van der Waals surface area contributed by atoms with Gasteiger partial charge in [0.15, 0.2) is 0 Å². The third kappa shape index (κ3) is 3.41. The van der Waals surface area contributed by atoms with Crippen LogP contribution in [0.4, 0.5) is 10.1 Å². The summed E-state index contributed by atoms with van der Waals surface area (Å²) in [6.07, 6.45) is 0. The molecule has 7 heteroatoms. The van der Waals surface area contributed by atoms with Gasteiger partial charge in [-0.1, -0.05) is 12.1 Å². The molecule has 1 N–H and O–H groups in total. The molecule has 1 aromatic carbocycles. The zero-order chi connectivity index (χ0) is 17.1. The maximum absolute atomic E-state index is 13.2. The molecule has 0 fully saturated rings. The van der Waals surface area contributed by atoms with Crippen molar-refractivity contribution in [3.63, 3.8) is 0 Å². The lowest BCUT2D eigenvalue weighted by atomic mass is 10.2. The maximum atomic E-state index is 13.2. The number of hydrogen-bond acceptors (Lipinski definition) is 4. The molecule has 3 rings (SSSR count). The van der Waals surface area contributed by atoms with E-state index in [0.717, 1.165) is 9.56 Å². The Balaban J connectivity index is 1.86. The Hall–Kier alpha value is -2.80. The molecule has 24 heavy (non-hydrogen) atoms. The van der Waals surface area contributed by atoms with Crippen LogP contribution in [0.3, 0.4) is 0 Å². The molecule has 0 saturated carbocycles. The first-order chi connectivity index (χ1) is 11.5. The number of nitrogens with one attached hydrogen (secondary N) is 1. The molecule has 1 amide bonds. The summed E-state index contributed by atoms with van der Waals surface area (Å²) in [6, 6.07) is 11.5. The largest absolute Gasteiger partial charge is 0.324 e. The SMILES string of the molecule is CC(C(=O)Nc1cccc(F)c1)n1nc(-c2cccs2)ccc1=O. The highest BCUT2D eigenvalue weighted by molar-refractivity contribution is 7.13. The molecule has 122 valence electrons. The number of hydrogen-bond donors (Lipinski definition) is 1. The van der Waals surface area contributed by atoms with E-state index in [1.807, 2.05) is 17.5 Å². The number of halogens is 1. The van der Waals surface area contributed by atoms with Gasteiger partial charge in [-0.2, -0.15) is 5.10 Å². The number of aromatic nitrogens is 2. The first-order valence-electron chi connectivity index (χ1n) is 7.25. The Morgan fingerprint density at radius 3 is 2.79 bits per heavy atom. The Labute approximate surface area is 141 Å². The number of benzene rings is 1. The molecule has 0 spiro atoms. The van der Waals surface area contributed by atoms with E-state index >= 15 is 0 Å². The van der Waals surface area contributed by atoms with Crippen LogP contribution in [0.1, 0.15) is 13.0 Å². The average Bonchev–Trinajstić information content (AvgIpc) is 3.09. The summed E-state index contributed by atoms with van der Waals surface area (Å²) in [6.45, 7) is 1.57. The van der Waals surface area contributed by atoms with Crippen molar-refractivity contribution >= 4 is 22.9 Å². The monoisotopic (exact) mass is 343 g/mol. The summed E-state index contributed by atoms with van der Waals surface area (Å²) in [5.41, 5.74) is 0.571. The first-order valence-corrected chi connectivity index (χ1v) is 8.13. The number of rotatable bonds is 4. The fourth-order valence-electron chi connectivity index (χ4n) is 2.18. The van der Waals surface area contributed by atoms with E-state index in [1.165, 1.54) is 35.6 Å². The molecular weight excluding hydrogens is 329 g/mol. The van der Waals surface area contributed by atoms with Gasteiger partial charge in [0.2, 0.25) is 5.91 Å². The van der Waals surface area contributed by atoms with Crippen molar-refractivity contribution in [3.05, 3.63) is 70.1 Å². The van der Waals surface area contributed by atoms with Crippen LogP contribution in [0, 0.1) is 5.82 Å². The highest BCUT2D eigenvalue weighted by Crippen LogP contribution is 2.21. The van der Waals surface area contributed by atoms with E-state index in [4.69, 9.17) is 0 Å². The minimum Gasteiger partial charge on any atom is -0.324 e. The second kappa shape index (κ2) is 6.76. The fourth-order valence-corrected chi connectivity index (χ4v) is 2.87. The van der Waals surface area contributed by atoms with Crippen molar-refractivity contribution < 1.29 is 9.18 Å². The predicted octanol–water partition coefficient (Wildman–Crippen LogP) is 3.31. The van der Waals surface area contributed by atoms with E-state index in [-0.39, 0.29) is 5.56 Å². The standard InChI is InChI=1S/C17H14FN3O2S/c1-11(17(23)19-13-5-2-4-12(18)10-13)21-16(22)8-7-14(20-21)15-6-3-9-24-15/h2-11H,1H3,(H,19,23). The van der Waals surface area contributed by atoms with Gasteiger partial charge in [0.1, 0.15) is 17.6 Å². The van der Waals surface area contributed by atoms with Gasteiger partial charge in [-0.3, -0.25) is 9.59 Å². The molecule has 0 radical (unpaired) electrons. The molecule has 0 bridgehead atoms. The molecule has 2 aromatic heterocycles. The summed E-state index contributed by atoms with van der Waals surface area (Å²) >= 11 is 1.49. The summed E-state index contributed by atoms with van der Waals surface area (Å²) in [4.78, 5) is 25.3. The lowest BCUT2D eigenvalue weighted by Gasteiger charge is -2.14. The molecule has 1 unspecified atom stereocenters. The Kier molecular flexibility index (Phi) is 4.52. The predicted molar refractivity (Wildman–Crippen MR) is 91.6 cm³/mol. The van der Waals surface area contributed by atoms with Crippen molar-refractivity contribution in [1.29, 1.82) is 0 Å². The number of nitrogens with zero attached hydrogens (tertiary/aromatic N) is 2. The Bertz CT molecular complexity index is 922. The number of carbonyl (C=O) groups is 1. The van der Waals surface area contributed by atoms with Gasteiger partial charge >= 0.3 is 0 Å². The second-order valence-corrected chi connectivity index (χ2v) is 6.10. The Morgan fingerprint density at radius 2 is 2.08 bits per heavy atom. The Morgan fingerprint density at radius 1 is 1.25 bits per heavy atom. The number of amides is 1. The van der Waals surface area contributed by atoms with Gasteiger partial charge in [0, 0.05) is 11.8 Å². The van der Waals surface area contributed by atoms with Gasteiger partial charge in [-0.05, 0) is 42.6 Å². The van der Waals surface area contributed by atoms with Gasteiger partial charge in [0.05, 0.1) is 4.88 Å². The first kappa shape index (κ1) is 16.1. The van der Waals surface area contributed by atoms with E-state index in [9.17, 15) is 14.0 Å². The summed E-state index contributed by atoms with van der Waals surface area (Å²) in [5, 5.41) is 8.77. The van der Waals surface area contributed by atoms with Gasteiger partial charge in [-0.15, -0.1) is 11.3 Å². The molecule has 0 aliphatic carbocycles. The van der Waals surface area contributed by atoms with Crippen molar-refractivity contribution in [2.75, 3.05) is 5.32 Å². The number of thiophene rings is 1. The van der Waals surface area contributed by atoms with Crippen molar-refractivity contribution in [1.82, 2.24) is 9.78 Å². The number of carbonyl (C=O) groups excluding carboxylic acids is 1. The third-order valence-electron chi connectivity index (χ3n) is 3.44. The van der Waals surface area contributed by atoms with E-state index in [1.54, 1.807) is 19.1 Å². The van der Waals surface area contributed by atoms with Gasteiger partial charge < -0.3 is 5.32 Å². The van der Waals surface area contributed by atoms with Crippen LogP contribution in [-0.4, -0.2) is 15.7 Å². The zero-order valence-corrected chi connectivity index (χ0v) is 13.6. The minimum atomic E-state index is -0.833. The van der Waals surface area contributed by atoms with Crippen LogP contribution in [0.2, 0.25) is 0 Å². The van der Waals surface area contributed by atoms with Crippen LogP contribution in [0.5, 0.6) is 0 Å². The van der Waals surface area contributed by atoms with Gasteiger partial charge in [-0.25, -0.2) is 9.07 Å². The zero-order valence-electron chi connectivity index (χ0n) is 12.8. The highest BCUT2D eigenvalue weighted by Gasteiger charge is 2.18. The highest BCUT2D eigenvalue weighted by atomic mass is 32.1. The maximum Gasteiger partial charge on any atom is 0.267 e. The van der Waals surface area contributed by atoms with Crippen LogP contribution in [-0.2, 0) is 4.79 Å². The smallest absolute Gasteiger partial charge is 0.267 e. The van der Waals surface area contributed by atoms with Crippen LogP contribution in [0.15, 0.2) is 58.7 Å². The third-order valence-corrected chi connectivity index (χ3v) is 4.33. The van der Waals surface area contributed by atoms with Crippen LogP contribution < -0.4 is 10.9 Å². The molecule has 0 aliphatic rings. The molecule has 0 saturated heterocycles. The molecule has 2 heterocycles. The lowest BCUT2D eigenvalue weighted by Crippen LogP contribution is -2.33. The van der Waals surface area contributed by atoms with Crippen LogP contribution >= 0.6 is 11.3 Å². The summed E-state index contributed by atoms with van der Waals surface area (Å²) in [7, 11) is 0. The van der Waals surface area contributed by atoms with E-state index < -0.39 is 17.8 Å². The van der Waals surface area contributed by atoms with Crippen molar-refractivity contribution in [3.8, 4) is 10.6 Å². The molecule has 0 aliphatic heterocycles. The normalized spacial score (nSPS) is 11.9. The van der Waals surface area contributed by atoms with E-state index in [0.29, 0.717) is 11.4 Å². The lowest BCUT2D eigenvalue weighted by molar-refractivity contribution is -0.119. The molecular formula is C17H14FN3O2S. The van der Waals surface area contributed by atoms with E-state index in [2.05, 4.69) is 10.4 Å². The van der Waals surface area contributed by atoms with Crippen molar-refractivity contribution in [2.45, 2.75) is 13.0 Å². The van der Waals surface area contributed by atoms with Crippen LogP contribution in [0.25, 0.3) is 10.6 Å². The fraction of sp³-hybridized carbons (Fsp3) is 0.118.